The fourth-order valence-electron chi connectivity index (χ4n) is 2.56. The maximum Gasteiger partial charge on any atom is 0.123 e. The number of hydrogen-bond donors (Lipinski definition) is 2. The van der Waals surface area contributed by atoms with Crippen molar-refractivity contribution >= 4 is 0 Å². The Morgan fingerprint density at radius 1 is 1.14 bits per heavy atom. The molecule has 3 rings (SSSR count). The lowest BCUT2D eigenvalue weighted by Gasteiger charge is -2.20. The summed E-state index contributed by atoms with van der Waals surface area (Å²) < 4.78 is 18.9. The maximum atomic E-state index is 13.3. The van der Waals surface area contributed by atoms with Gasteiger partial charge in [0.25, 0.3) is 0 Å². The van der Waals surface area contributed by atoms with Crippen LogP contribution in [-0.2, 0) is 5.54 Å². The topological polar surface area (TPSA) is 41.5 Å². The van der Waals surface area contributed by atoms with Crippen molar-refractivity contribution in [2.45, 2.75) is 24.5 Å². The first-order valence-corrected chi connectivity index (χ1v) is 7.55. The molecule has 0 aliphatic heterocycles. The number of aliphatic hydroxyl groups is 1. The van der Waals surface area contributed by atoms with E-state index in [0.29, 0.717) is 6.54 Å². The number of nitrogens with one attached hydrogen (secondary N) is 1. The van der Waals surface area contributed by atoms with Gasteiger partial charge in [-0.15, -0.1) is 0 Å². The van der Waals surface area contributed by atoms with Crippen LogP contribution in [0.4, 0.5) is 4.39 Å². The minimum absolute atomic E-state index is 0.185. The van der Waals surface area contributed by atoms with Crippen LogP contribution in [0.5, 0.6) is 5.75 Å². The number of para-hydroxylation sites is 1. The molecule has 1 fully saturated rings. The number of rotatable bonds is 7. The first kappa shape index (κ1) is 15.0. The summed E-state index contributed by atoms with van der Waals surface area (Å²) in [6, 6.07) is 16.1. The molecule has 0 spiro atoms. The second-order valence-electron chi connectivity index (χ2n) is 5.75. The molecule has 2 aromatic carbocycles. The zero-order chi connectivity index (χ0) is 15.4. The van der Waals surface area contributed by atoms with E-state index in [0.717, 1.165) is 24.2 Å². The zero-order valence-corrected chi connectivity index (χ0v) is 12.3. The van der Waals surface area contributed by atoms with Crippen molar-refractivity contribution in [1.29, 1.82) is 0 Å². The standard InChI is InChI=1S/C18H20FNO2/c19-15-6-4-5-14(11-15)18(9-10-18)20-12-16(21)13-22-17-7-2-1-3-8-17/h1-8,11,16,20-21H,9-10,12-13H2. The molecule has 1 aliphatic carbocycles. The first-order chi connectivity index (χ1) is 10.7. The molecule has 1 aliphatic rings. The summed E-state index contributed by atoms with van der Waals surface area (Å²) in [4.78, 5) is 0. The number of halogens is 1. The van der Waals surface area contributed by atoms with Crippen LogP contribution in [-0.4, -0.2) is 24.4 Å². The van der Waals surface area contributed by atoms with Gasteiger partial charge in [0.15, 0.2) is 0 Å². The van der Waals surface area contributed by atoms with Crippen molar-refractivity contribution in [1.82, 2.24) is 5.32 Å². The highest BCUT2D eigenvalue weighted by molar-refractivity contribution is 5.30. The van der Waals surface area contributed by atoms with Gasteiger partial charge in [0.05, 0.1) is 0 Å². The highest BCUT2D eigenvalue weighted by Gasteiger charge is 2.44. The largest absolute Gasteiger partial charge is 0.491 e. The third-order valence-corrected chi connectivity index (χ3v) is 3.99. The molecule has 116 valence electrons. The predicted octanol–water partition coefficient (Wildman–Crippen LogP) is 2.84. The van der Waals surface area contributed by atoms with E-state index in [4.69, 9.17) is 4.74 Å². The van der Waals surface area contributed by atoms with E-state index in [9.17, 15) is 9.50 Å². The van der Waals surface area contributed by atoms with Crippen molar-refractivity contribution < 1.29 is 14.2 Å². The monoisotopic (exact) mass is 301 g/mol. The van der Waals surface area contributed by atoms with Gasteiger partial charge in [-0.25, -0.2) is 4.39 Å². The van der Waals surface area contributed by atoms with Gasteiger partial charge in [-0.2, -0.15) is 0 Å². The van der Waals surface area contributed by atoms with E-state index in [1.54, 1.807) is 12.1 Å². The normalized spacial score (nSPS) is 17.0. The van der Waals surface area contributed by atoms with Gasteiger partial charge in [0.1, 0.15) is 24.3 Å². The number of aliphatic hydroxyl groups excluding tert-OH is 1. The van der Waals surface area contributed by atoms with Crippen LogP contribution in [0.3, 0.4) is 0 Å². The van der Waals surface area contributed by atoms with E-state index >= 15 is 0 Å². The molecule has 0 saturated heterocycles. The van der Waals surface area contributed by atoms with E-state index in [1.165, 1.54) is 6.07 Å². The van der Waals surface area contributed by atoms with E-state index in [1.807, 2.05) is 36.4 Å². The number of ether oxygens (including phenoxy) is 1. The van der Waals surface area contributed by atoms with Gasteiger partial charge >= 0.3 is 0 Å². The highest BCUT2D eigenvalue weighted by atomic mass is 19.1. The van der Waals surface area contributed by atoms with Gasteiger partial charge < -0.3 is 15.2 Å². The van der Waals surface area contributed by atoms with Crippen molar-refractivity contribution in [2.75, 3.05) is 13.2 Å². The Morgan fingerprint density at radius 3 is 2.59 bits per heavy atom. The number of benzene rings is 2. The molecule has 1 saturated carbocycles. The van der Waals surface area contributed by atoms with Crippen molar-refractivity contribution in [3.05, 3.63) is 66.0 Å². The van der Waals surface area contributed by atoms with Crippen LogP contribution in [0.2, 0.25) is 0 Å². The summed E-state index contributed by atoms with van der Waals surface area (Å²) in [5.74, 6) is 0.520. The summed E-state index contributed by atoms with van der Waals surface area (Å²) in [5, 5.41) is 13.4. The Balaban J connectivity index is 1.50. The fourth-order valence-corrected chi connectivity index (χ4v) is 2.56. The average molecular weight is 301 g/mol. The Bertz CT molecular complexity index is 613. The van der Waals surface area contributed by atoms with Crippen LogP contribution in [0.25, 0.3) is 0 Å². The zero-order valence-electron chi connectivity index (χ0n) is 12.3. The summed E-state index contributed by atoms with van der Waals surface area (Å²) in [6.07, 6.45) is 1.32. The van der Waals surface area contributed by atoms with Crippen molar-refractivity contribution in [3.63, 3.8) is 0 Å². The molecule has 2 N–H and O–H groups in total. The number of hydrogen-bond acceptors (Lipinski definition) is 3. The molecule has 4 heteroatoms. The van der Waals surface area contributed by atoms with Gasteiger partial charge in [0, 0.05) is 12.1 Å². The Kier molecular flexibility index (Phi) is 4.41. The molecule has 0 bridgehead atoms. The van der Waals surface area contributed by atoms with Crippen molar-refractivity contribution in [2.24, 2.45) is 0 Å². The van der Waals surface area contributed by atoms with E-state index in [-0.39, 0.29) is 18.0 Å². The van der Waals surface area contributed by atoms with Crippen LogP contribution in [0.15, 0.2) is 54.6 Å². The third-order valence-electron chi connectivity index (χ3n) is 3.99. The lowest BCUT2D eigenvalue weighted by atomic mass is 10.0. The highest BCUT2D eigenvalue weighted by Crippen LogP contribution is 2.45. The molecule has 0 radical (unpaired) electrons. The summed E-state index contributed by atoms with van der Waals surface area (Å²) in [5.41, 5.74) is 0.763. The molecule has 0 heterocycles. The molecule has 2 aromatic rings. The molecule has 22 heavy (non-hydrogen) atoms. The second-order valence-corrected chi connectivity index (χ2v) is 5.75. The van der Waals surface area contributed by atoms with Gasteiger partial charge in [-0.05, 0) is 42.7 Å². The predicted molar refractivity (Wildman–Crippen MR) is 83.3 cm³/mol. The van der Waals surface area contributed by atoms with Gasteiger partial charge in [-0.3, -0.25) is 0 Å². The molecule has 1 unspecified atom stereocenters. The van der Waals surface area contributed by atoms with Crippen LogP contribution >= 0.6 is 0 Å². The lowest BCUT2D eigenvalue weighted by molar-refractivity contribution is 0.102. The van der Waals surface area contributed by atoms with Gasteiger partial charge in [-0.1, -0.05) is 30.3 Å². The van der Waals surface area contributed by atoms with Crippen LogP contribution < -0.4 is 10.1 Å². The SMILES string of the molecule is OC(CNC1(c2cccc(F)c2)CC1)COc1ccccc1. The first-order valence-electron chi connectivity index (χ1n) is 7.55. The summed E-state index contributed by atoms with van der Waals surface area (Å²) in [6.45, 7) is 0.652. The van der Waals surface area contributed by atoms with E-state index in [2.05, 4.69) is 5.32 Å². The summed E-state index contributed by atoms with van der Waals surface area (Å²) >= 11 is 0. The average Bonchev–Trinajstić information content (AvgIpc) is 3.33. The second kappa shape index (κ2) is 6.46. The Labute approximate surface area is 129 Å². The van der Waals surface area contributed by atoms with Gasteiger partial charge in [0.2, 0.25) is 0 Å². The van der Waals surface area contributed by atoms with Crippen LogP contribution in [0.1, 0.15) is 18.4 Å². The van der Waals surface area contributed by atoms with E-state index < -0.39 is 6.10 Å². The molecular formula is C18H20FNO2. The maximum absolute atomic E-state index is 13.3. The molecular weight excluding hydrogens is 281 g/mol. The molecule has 0 aromatic heterocycles. The lowest BCUT2D eigenvalue weighted by Crippen LogP contribution is -2.38. The summed E-state index contributed by atoms with van der Waals surface area (Å²) in [7, 11) is 0. The molecule has 0 amide bonds. The fraction of sp³-hybridized carbons (Fsp3) is 0.333. The Hall–Kier alpha value is -1.91. The smallest absolute Gasteiger partial charge is 0.123 e. The Morgan fingerprint density at radius 2 is 1.91 bits per heavy atom. The minimum Gasteiger partial charge on any atom is -0.491 e. The van der Waals surface area contributed by atoms with Crippen molar-refractivity contribution in [3.8, 4) is 5.75 Å². The van der Waals surface area contributed by atoms with Crippen LogP contribution in [0, 0.1) is 5.82 Å². The quantitative estimate of drug-likeness (QED) is 0.826. The molecule has 3 nitrogen and oxygen atoms in total. The minimum atomic E-state index is -0.605. The third kappa shape index (κ3) is 3.64. The molecule has 1 atom stereocenters.